The van der Waals surface area contributed by atoms with Crippen LogP contribution in [0, 0.1) is 12.7 Å². The van der Waals surface area contributed by atoms with Crippen LogP contribution >= 0.6 is 0 Å². The molecule has 0 spiro atoms. The van der Waals surface area contributed by atoms with Crippen LogP contribution in [0.4, 0.5) is 4.39 Å². The smallest absolute Gasteiger partial charge is 0.227 e. The number of hydrogen-bond acceptors (Lipinski definition) is 3. The molecule has 0 aliphatic carbocycles. The highest BCUT2D eigenvalue weighted by molar-refractivity contribution is 5.95. The Kier molecular flexibility index (Phi) is 5.00. The van der Waals surface area contributed by atoms with Crippen molar-refractivity contribution in [2.45, 2.75) is 32.7 Å². The average molecular weight is 429 g/mol. The minimum absolute atomic E-state index is 0.0899. The molecular weight excluding hydrogens is 403 g/mol. The fraction of sp³-hybridized carbons (Fsp3) is 0.269. The summed E-state index contributed by atoms with van der Waals surface area (Å²) in [6, 6.07) is 14.6. The first kappa shape index (κ1) is 20.4. The SMILES string of the molecule is Cc1cc(-c2nn(C)c3cc4c(cc23)CCN([C@H](C)c2ccc(F)cc2)C(=O)C4)ccn1. The van der Waals surface area contributed by atoms with E-state index < -0.39 is 0 Å². The third-order valence-corrected chi connectivity index (χ3v) is 6.45. The quantitative estimate of drug-likeness (QED) is 0.472. The summed E-state index contributed by atoms with van der Waals surface area (Å²) in [6.45, 7) is 4.61. The Morgan fingerprint density at radius 2 is 1.84 bits per heavy atom. The van der Waals surface area contributed by atoms with Crippen LogP contribution in [-0.2, 0) is 24.7 Å². The number of carbonyl (C=O) groups is 1. The number of aromatic nitrogens is 3. The number of nitrogens with zero attached hydrogens (tertiary/aromatic N) is 4. The molecule has 0 unspecified atom stereocenters. The van der Waals surface area contributed by atoms with Crippen molar-refractivity contribution in [1.82, 2.24) is 19.7 Å². The second-order valence-corrected chi connectivity index (χ2v) is 8.54. The summed E-state index contributed by atoms with van der Waals surface area (Å²) in [5, 5.41) is 5.85. The van der Waals surface area contributed by atoms with Gasteiger partial charge in [-0.3, -0.25) is 14.5 Å². The molecule has 5 nitrogen and oxygen atoms in total. The number of amides is 1. The second kappa shape index (κ2) is 7.86. The van der Waals surface area contributed by atoms with E-state index in [0.29, 0.717) is 13.0 Å². The van der Waals surface area contributed by atoms with E-state index >= 15 is 0 Å². The molecule has 3 heterocycles. The van der Waals surface area contributed by atoms with Crippen LogP contribution in [0.1, 0.15) is 35.3 Å². The lowest BCUT2D eigenvalue weighted by molar-refractivity contribution is -0.132. The molecule has 32 heavy (non-hydrogen) atoms. The molecule has 0 bridgehead atoms. The lowest BCUT2D eigenvalue weighted by Gasteiger charge is -2.28. The van der Waals surface area contributed by atoms with Gasteiger partial charge in [-0.25, -0.2) is 4.39 Å². The lowest BCUT2D eigenvalue weighted by Crippen LogP contribution is -2.34. The van der Waals surface area contributed by atoms with Gasteiger partial charge in [0.15, 0.2) is 0 Å². The van der Waals surface area contributed by atoms with Crippen LogP contribution in [0.2, 0.25) is 0 Å². The second-order valence-electron chi connectivity index (χ2n) is 8.54. The van der Waals surface area contributed by atoms with Crippen molar-refractivity contribution < 1.29 is 9.18 Å². The third-order valence-electron chi connectivity index (χ3n) is 6.45. The Morgan fingerprint density at radius 3 is 2.59 bits per heavy atom. The Labute approximate surface area is 186 Å². The maximum Gasteiger partial charge on any atom is 0.227 e. The zero-order chi connectivity index (χ0) is 22.4. The lowest BCUT2D eigenvalue weighted by atomic mass is 9.98. The molecule has 0 fully saturated rings. The molecule has 162 valence electrons. The summed E-state index contributed by atoms with van der Waals surface area (Å²) >= 11 is 0. The van der Waals surface area contributed by atoms with Gasteiger partial charge in [-0.15, -0.1) is 0 Å². The Morgan fingerprint density at radius 1 is 1.06 bits per heavy atom. The Hall–Kier alpha value is -3.54. The van der Waals surface area contributed by atoms with Gasteiger partial charge in [-0.05, 0) is 73.4 Å². The molecule has 1 atom stereocenters. The van der Waals surface area contributed by atoms with Gasteiger partial charge in [0.05, 0.1) is 18.0 Å². The van der Waals surface area contributed by atoms with Crippen LogP contribution in [0.3, 0.4) is 0 Å². The largest absolute Gasteiger partial charge is 0.335 e. The van der Waals surface area contributed by atoms with Crippen molar-refractivity contribution in [3.8, 4) is 11.3 Å². The van der Waals surface area contributed by atoms with E-state index in [4.69, 9.17) is 5.10 Å². The van der Waals surface area contributed by atoms with Crippen molar-refractivity contribution in [2.24, 2.45) is 7.05 Å². The normalized spacial score (nSPS) is 15.0. The van der Waals surface area contributed by atoms with Gasteiger partial charge >= 0.3 is 0 Å². The molecule has 0 N–H and O–H groups in total. The molecule has 6 heteroatoms. The molecule has 0 saturated heterocycles. The highest BCUT2D eigenvalue weighted by Gasteiger charge is 2.26. The number of fused-ring (bicyclic) bond motifs is 2. The van der Waals surface area contributed by atoms with Gasteiger partial charge in [-0.1, -0.05) is 12.1 Å². The standard InChI is InChI=1S/C26H25FN4O/c1-16-12-20(8-10-28-16)26-23-13-19-9-11-31(17(2)18-4-6-22(27)7-5-18)25(32)15-21(19)14-24(23)30(3)29-26/h4-8,10,12-14,17H,9,11,15H2,1-3H3/t17-/m1/s1. The zero-order valence-corrected chi connectivity index (χ0v) is 18.5. The molecule has 5 rings (SSSR count). The first-order chi connectivity index (χ1) is 15.4. The maximum atomic E-state index is 13.3. The molecule has 1 amide bonds. The highest BCUT2D eigenvalue weighted by atomic mass is 19.1. The summed E-state index contributed by atoms with van der Waals surface area (Å²) < 4.78 is 15.2. The number of halogens is 1. The van der Waals surface area contributed by atoms with Crippen LogP contribution < -0.4 is 0 Å². The van der Waals surface area contributed by atoms with Crippen LogP contribution in [0.25, 0.3) is 22.2 Å². The van der Waals surface area contributed by atoms with Gasteiger partial charge in [0.2, 0.25) is 5.91 Å². The van der Waals surface area contributed by atoms with E-state index in [1.807, 2.05) is 48.8 Å². The van der Waals surface area contributed by atoms with Crippen molar-refractivity contribution in [2.75, 3.05) is 6.54 Å². The third kappa shape index (κ3) is 3.55. The van der Waals surface area contributed by atoms with E-state index in [9.17, 15) is 9.18 Å². The Balaban J connectivity index is 1.51. The summed E-state index contributed by atoms with van der Waals surface area (Å²) in [5.41, 5.74) is 7.11. The molecule has 2 aromatic heterocycles. The summed E-state index contributed by atoms with van der Waals surface area (Å²) in [7, 11) is 1.94. The van der Waals surface area contributed by atoms with Gasteiger partial charge in [0, 0.05) is 36.4 Å². The van der Waals surface area contributed by atoms with Crippen molar-refractivity contribution in [3.05, 3.63) is 82.9 Å². The topological polar surface area (TPSA) is 51.0 Å². The van der Waals surface area contributed by atoms with E-state index in [0.717, 1.165) is 45.4 Å². The predicted octanol–water partition coefficient (Wildman–Crippen LogP) is 4.77. The minimum atomic E-state index is -0.268. The van der Waals surface area contributed by atoms with Crippen molar-refractivity contribution in [1.29, 1.82) is 0 Å². The first-order valence-electron chi connectivity index (χ1n) is 10.9. The number of aryl methyl sites for hydroxylation is 2. The number of rotatable bonds is 3. The average Bonchev–Trinajstić information content (AvgIpc) is 2.99. The van der Waals surface area contributed by atoms with Crippen LogP contribution in [0.15, 0.2) is 54.7 Å². The number of benzene rings is 2. The van der Waals surface area contributed by atoms with Crippen LogP contribution in [-0.4, -0.2) is 32.1 Å². The minimum Gasteiger partial charge on any atom is -0.335 e. The molecule has 2 aromatic carbocycles. The first-order valence-corrected chi connectivity index (χ1v) is 10.9. The van der Waals surface area contributed by atoms with Crippen LogP contribution in [0.5, 0.6) is 0 Å². The van der Waals surface area contributed by atoms with Gasteiger partial charge < -0.3 is 4.90 Å². The monoisotopic (exact) mass is 428 g/mol. The predicted molar refractivity (Wildman–Crippen MR) is 123 cm³/mol. The zero-order valence-electron chi connectivity index (χ0n) is 18.5. The maximum absolute atomic E-state index is 13.3. The fourth-order valence-electron chi connectivity index (χ4n) is 4.66. The number of carbonyl (C=O) groups excluding carboxylic acids is 1. The summed E-state index contributed by atoms with van der Waals surface area (Å²) in [6.07, 6.45) is 2.93. The number of pyridine rings is 1. The Bertz CT molecular complexity index is 1330. The van der Waals surface area contributed by atoms with E-state index in [1.165, 1.54) is 17.7 Å². The number of hydrogen-bond donors (Lipinski definition) is 0. The van der Waals surface area contributed by atoms with Crippen molar-refractivity contribution >= 4 is 16.8 Å². The molecule has 1 aliphatic rings. The summed E-state index contributed by atoms with van der Waals surface area (Å²) in [5.74, 6) is -0.178. The highest BCUT2D eigenvalue weighted by Crippen LogP contribution is 2.33. The van der Waals surface area contributed by atoms with Crippen molar-refractivity contribution in [3.63, 3.8) is 0 Å². The van der Waals surface area contributed by atoms with E-state index in [2.05, 4.69) is 17.1 Å². The molecule has 1 aliphatic heterocycles. The molecule has 0 saturated carbocycles. The molecule has 4 aromatic rings. The molecule has 0 radical (unpaired) electrons. The van der Waals surface area contributed by atoms with Gasteiger partial charge in [-0.2, -0.15) is 5.10 Å². The van der Waals surface area contributed by atoms with E-state index in [1.54, 1.807) is 12.1 Å². The summed E-state index contributed by atoms with van der Waals surface area (Å²) in [4.78, 5) is 19.4. The van der Waals surface area contributed by atoms with Gasteiger partial charge in [0.1, 0.15) is 11.5 Å². The fourth-order valence-corrected chi connectivity index (χ4v) is 4.66. The molecular formula is C26H25FN4O. The van der Waals surface area contributed by atoms with Gasteiger partial charge in [0.25, 0.3) is 0 Å². The van der Waals surface area contributed by atoms with E-state index in [-0.39, 0.29) is 17.8 Å².